The fourth-order valence-corrected chi connectivity index (χ4v) is 4.25. The van der Waals surface area contributed by atoms with Crippen molar-refractivity contribution in [3.63, 3.8) is 0 Å². The molecule has 0 bridgehead atoms. The van der Waals surface area contributed by atoms with Crippen molar-refractivity contribution in [2.45, 2.75) is 88.8 Å². The third kappa shape index (κ3) is 15.4. The maximum atomic E-state index is 11.3. The van der Waals surface area contributed by atoms with E-state index in [2.05, 4.69) is 4.72 Å². The summed E-state index contributed by atoms with van der Waals surface area (Å²) in [6, 6.07) is 0. The lowest BCUT2D eigenvalue weighted by Gasteiger charge is -2.19. The van der Waals surface area contributed by atoms with Crippen LogP contribution in [0.2, 0.25) is 0 Å². The molecule has 2 aliphatic carbocycles. The molecular formula is C14H31ClN2O4S2. The van der Waals surface area contributed by atoms with Gasteiger partial charge in [0.1, 0.15) is 0 Å². The van der Waals surface area contributed by atoms with E-state index in [0.717, 1.165) is 25.7 Å². The number of nitrogens with two attached hydrogens (primary N) is 1. The first-order valence-corrected chi connectivity index (χ1v) is 11.6. The van der Waals surface area contributed by atoms with E-state index in [0.29, 0.717) is 0 Å². The molecule has 0 spiro atoms. The molecule has 0 heterocycles. The number of hydrogen-bond acceptors (Lipinski definition) is 5. The zero-order valence-electron chi connectivity index (χ0n) is 14.9. The van der Waals surface area contributed by atoms with E-state index in [1.807, 2.05) is 41.5 Å². The first-order chi connectivity index (χ1) is 9.92. The molecule has 6 nitrogen and oxygen atoms in total. The Morgan fingerprint density at radius 3 is 1.30 bits per heavy atom. The van der Waals surface area contributed by atoms with Crippen LogP contribution in [0.25, 0.3) is 0 Å². The van der Waals surface area contributed by atoms with Gasteiger partial charge in [-0.3, -0.25) is 0 Å². The van der Waals surface area contributed by atoms with Gasteiger partial charge in [-0.1, -0.05) is 0 Å². The zero-order chi connectivity index (χ0) is 18.7. The second-order valence-corrected chi connectivity index (χ2v) is 13.0. The molecule has 23 heavy (non-hydrogen) atoms. The summed E-state index contributed by atoms with van der Waals surface area (Å²) in [5.74, 6) is 0. The van der Waals surface area contributed by atoms with Crippen LogP contribution in [0, 0.1) is 0 Å². The molecule has 2 rings (SSSR count). The van der Waals surface area contributed by atoms with Gasteiger partial charge in [0, 0.05) is 21.8 Å². The van der Waals surface area contributed by atoms with Crippen molar-refractivity contribution in [2.75, 3.05) is 0 Å². The highest BCUT2D eigenvalue weighted by atomic mass is 35.7. The number of sulfonamides is 1. The van der Waals surface area contributed by atoms with Crippen LogP contribution in [0.15, 0.2) is 0 Å². The Bertz CT molecular complexity index is 561. The maximum Gasteiger partial charge on any atom is 0.235 e. The fraction of sp³-hybridized carbons (Fsp3) is 1.00. The van der Waals surface area contributed by atoms with E-state index in [4.69, 9.17) is 16.4 Å². The Hall–Kier alpha value is 0.110. The van der Waals surface area contributed by atoms with Gasteiger partial charge in [-0.05, 0) is 67.2 Å². The van der Waals surface area contributed by atoms with Gasteiger partial charge >= 0.3 is 0 Å². The van der Waals surface area contributed by atoms with Crippen molar-refractivity contribution in [1.29, 1.82) is 0 Å². The number of hydrogen-bond donors (Lipinski definition) is 2. The predicted octanol–water partition coefficient (Wildman–Crippen LogP) is 2.33. The van der Waals surface area contributed by atoms with Crippen LogP contribution in [0.4, 0.5) is 0 Å². The Kier molecular flexibility index (Phi) is 8.03. The smallest absolute Gasteiger partial charge is 0.235 e. The van der Waals surface area contributed by atoms with Crippen molar-refractivity contribution >= 4 is 29.8 Å². The molecule has 9 heteroatoms. The summed E-state index contributed by atoms with van der Waals surface area (Å²) in [6.07, 6.45) is 3.16. The second kappa shape index (κ2) is 7.99. The van der Waals surface area contributed by atoms with Gasteiger partial charge in [0.05, 0.1) is 10.5 Å². The lowest BCUT2D eigenvalue weighted by atomic mass is 10.1. The van der Waals surface area contributed by atoms with Crippen LogP contribution in [-0.4, -0.2) is 38.4 Å². The zero-order valence-corrected chi connectivity index (χ0v) is 17.3. The molecule has 0 aromatic carbocycles. The Morgan fingerprint density at radius 1 is 0.870 bits per heavy atom. The average Bonchev–Trinajstić information content (AvgIpc) is 3.06. The average molecular weight is 391 g/mol. The van der Waals surface area contributed by atoms with Crippen molar-refractivity contribution in [2.24, 2.45) is 5.73 Å². The van der Waals surface area contributed by atoms with E-state index < -0.39 is 19.1 Å². The van der Waals surface area contributed by atoms with E-state index >= 15 is 0 Å². The predicted molar refractivity (Wildman–Crippen MR) is 96.6 cm³/mol. The Morgan fingerprint density at radius 2 is 1.17 bits per heavy atom. The van der Waals surface area contributed by atoms with Crippen molar-refractivity contribution < 1.29 is 16.8 Å². The molecule has 2 saturated carbocycles. The highest BCUT2D eigenvalue weighted by molar-refractivity contribution is 8.14. The highest BCUT2D eigenvalue weighted by Gasteiger charge is 2.37. The van der Waals surface area contributed by atoms with Crippen molar-refractivity contribution in [1.82, 2.24) is 4.72 Å². The first-order valence-electron chi connectivity index (χ1n) is 7.67. The lowest BCUT2D eigenvalue weighted by molar-refractivity contribution is 0.490. The van der Waals surface area contributed by atoms with Crippen LogP contribution in [0.1, 0.15) is 67.2 Å². The Labute approximate surface area is 146 Å². The molecule has 0 atom stereocenters. The summed E-state index contributed by atoms with van der Waals surface area (Å²) in [4.78, 5) is 0. The molecule has 2 aliphatic rings. The van der Waals surface area contributed by atoms with E-state index in [1.54, 1.807) is 0 Å². The van der Waals surface area contributed by atoms with Gasteiger partial charge in [0.15, 0.2) is 0 Å². The van der Waals surface area contributed by atoms with Crippen LogP contribution >= 0.6 is 10.7 Å². The number of halogens is 1. The van der Waals surface area contributed by atoms with E-state index in [-0.39, 0.29) is 21.6 Å². The van der Waals surface area contributed by atoms with Gasteiger partial charge in [0.2, 0.25) is 19.1 Å². The molecule has 2 fully saturated rings. The lowest BCUT2D eigenvalue weighted by Crippen LogP contribution is -2.42. The second-order valence-electron chi connectivity index (χ2n) is 8.14. The molecule has 0 aliphatic heterocycles. The standard InChI is InChI=1S/C7H15NO2S.C4H11N.C3H5ClO2S/c1-7(2,3)8-11(9,10)6-4-5-6;1-4(2,3)5;4-7(5,6)3-1-2-3/h6,8H,4-5H2,1-3H3;5H2,1-3H3;3H,1-2H2. The molecular weight excluding hydrogens is 360 g/mol. The number of nitrogens with one attached hydrogen (secondary N) is 1. The van der Waals surface area contributed by atoms with Gasteiger partial charge < -0.3 is 5.73 Å². The molecule has 0 aromatic rings. The molecule has 0 radical (unpaired) electrons. The van der Waals surface area contributed by atoms with Crippen molar-refractivity contribution in [3.05, 3.63) is 0 Å². The fourth-order valence-electron chi connectivity index (χ4n) is 1.24. The summed E-state index contributed by atoms with van der Waals surface area (Å²) < 4.78 is 45.5. The van der Waals surface area contributed by atoms with E-state index in [9.17, 15) is 16.8 Å². The van der Waals surface area contributed by atoms with Gasteiger partial charge in [0.25, 0.3) is 0 Å². The summed E-state index contributed by atoms with van der Waals surface area (Å²) >= 11 is 0. The third-order valence-electron chi connectivity index (χ3n) is 2.33. The maximum absolute atomic E-state index is 11.3. The summed E-state index contributed by atoms with van der Waals surface area (Å²) in [5, 5.41) is -0.323. The molecule has 0 amide bonds. The molecule has 140 valence electrons. The Balaban J connectivity index is 0.000000347. The first kappa shape index (κ1) is 23.1. The van der Waals surface area contributed by atoms with Crippen LogP contribution in [0.5, 0.6) is 0 Å². The summed E-state index contributed by atoms with van der Waals surface area (Å²) in [7, 11) is -1.25. The number of rotatable bonds is 3. The minimum Gasteiger partial charge on any atom is -0.326 e. The van der Waals surface area contributed by atoms with Gasteiger partial charge in [-0.15, -0.1) is 0 Å². The molecule has 0 aromatic heterocycles. The van der Waals surface area contributed by atoms with Crippen LogP contribution < -0.4 is 10.5 Å². The third-order valence-corrected chi connectivity index (χ3v) is 6.60. The largest absolute Gasteiger partial charge is 0.326 e. The summed E-state index contributed by atoms with van der Waals surface area (Å²) in [5.41, 5.74) is 5.02. The summed E-state index contributed by atoms with van der Waals surface area (Å²) in [6.45, 7) is 11.5. The van der Waals surface area contributed by atoms with Crippen LogP contribution in [0.3, 0.4) is 0 Å². The van der Waals surface area contributed by atoms with Crippen LogP contribution in [-0.2, 0) is 19.1 Å². The molecule has 0 saturated heterocycles. The normalized spacial score (nSPS) is 19.1. The van der Waals surface area contributed by atoms with E-state index in [1.165, 1.54) is 0 Å². The SMILES string of the molecule is CC(C)(C)N.CC(C)(C)NS(=O)(=O)C1CC1.O=S(=O)(Cl)C1CC1. The highest BCUT2D eigenvalue weighted by Crippen LogP contribution is 2.30. The monoisotopic (exact) mass is 390 g/mol. The quantitative estimate of drug-likeness (QED) is 0.719. The minimum absolute atomic E-state index is 0. The van der Waals surface area contributed by atoms with Gasteiger partial charge in [-0.25, -0.2) is 21.6 Å². The molecule has 0 unspecified atom stereocenters. The van der Waals surface area contributed by atoms with Crippen molar-refractivity contribution in [3.8, 4) is 0 Å². The van der Waals surface area contributed by atoms with Gasteiger partial charge in [-0.2, -0.15) is 0 Å². The topological polar surface area (TPSA) is 106 Å². The minimum atomic E-state index is -3.16. The molecule has 3 N–H and O–H groups in total.